The maximum atomic E-state index is 12.0. The number of nitrogens with one attached hydrogen (secondary N) is 1. The van der Waals surface area contributed by atoms with Crippen molar-refractivity contribution in [1.82, 2.24) is 5.32 Å². The molecule has 0 aliphatic carbocycles. The molecule has 1 saturated heterocycles. The molecule has 2 heterocycles. The summed E-state index contributed by atoms with van der Waals surface area (Å²) >= 11 is 6.33. The van der Waals surface area contributed by atoms with Crippen molar-refractivity contribution in [3.63, 3.8) is 0 Å². The molecule has 18 heteroatoms. The normalized spacial score (nSPS) is 13.8. The number of methoxy groups -OCH3 is 1. The van der Waals surface area contributed by atoms with E-state index in [1.54, 1.807) is 18.2 Å². The van der Waals surface area contributed by atoms with E-state index >= 15 is 0 Å². The molecule has 1 aliphatic rings. The summed E-state index contributed by atoms with van der Waals surface area (Å²) < 4.78 is 63.1. The number of fused-ring (bicyclic) bond motifs is 1. The van der Waals surface area contributed by atoms with E-state index in [0.29, 0.717) is 23.0 Å². The molecule has 11 nitrogen and oxygen atoms in total. The summed E-state index contributed by atoms with van der Waals surface area (Å²) in [7, 11) is 0.973. The maximum Gasteiger partial charge on any atom is 1.00 e. The Balaban J connectivity index is 0.000000454. The van der Waals surface area contributed by atoms with Crippen molar-refractivity contribution >= 4 is 79.5 Å². The van der Waals surface area contributed by atoms with Gasteiger partial charge in [-0.1, -0.05) is 86.5 Å². The zero-order chi connectivity index (χ0) is 49.1. The van der Waals surface area contributed by atoms with Gasteiger partial charge in [0, 0.05) is 22.1 Å². The van der Waals surface area contributed by atoms with Crippen LogP contribution in [0, 0.1) is 6.92 Å². The quantitative estimate of drug-likeness (QED) is 0.0676. The molecule has 3 N–H and O–H groups in total. The van der Waals surface area contributed by atoms with Crippen LogP contribution in [0.4, 0.5) is 18.0 Å². The van der Waals surface area contributed by atoms with Crippen LogP contribution >= 0.6 is 31.9 Å². The number of nitrogens with two attached hydrogens (primary N) is 1. The number of esters is 1. The Morgan fingerprint density at radius 3 is 1.95 bits per heavy atom. The van der Waals surface area contributed by atoms with E-state index in [9.17, 15) is 32.3 Å². The van der Waals surface area contributed by atoms with Crippen LogP contribution in [0.5, 0.6) is 0 Å². The van der Waals surface area contributed by atoms with Crippen molar-refractivity contribution < 1.29 is 86.5 Å². The number of alkyl halides is 4. The van der Waals surface area contributed by atoms with Gasteiger partial charge in [0.05, 0.1) is 29.1 Å². The van der Waals surface area contributed by atoms with Crippen LogP contribution in [0.1, 0.15) is 113 Å². The Hall–Kier alpha value is -3.97. The number of primary amides is 1. The number of hydrogen-bond donors (Lipinski definition) is 2. The molecule has 0 unspecified atom stereocenters. The van der Waals surface area contributed by atoms with E-state index in [2.05, 4.69) is 41.6 Å². The molecule has 2 amide bonds. The molecule has 0 saturated carbocycles. The van der Waals surface area contributed by atoms with Gasteiger partial charge in [0.1, 0.15) is 11.4 Å². The van der Waals surface area contributed by atoms with E-state index in [-0.39, 0.29) is 53.9 Å². The van der Waals surface area contributed by atoms with Crippen molar-refractivity contribution in [2.75, 3.05) is 7.11 Å². The molecule has 1 fully saturated rings. The van der Waals surface area contributed by atoms with Crippen LogP contribution in [0.25, 0.3) is 10.8 Å². The zero-order valence-corrected chi connectivity index (χ0v) is 44.5. The summed E-state index contributed by atoms with van der Waals surface area (Å²) in [6.45, 7) is 19.6. The number of aryl methyl sites for hydroxylation is 1. The first-order valence-corrected chi connectivity index (χ1v) is 22.2. The maximum absolute atomic E-state index is 12.0. The molecule has 6 rings (SSSR count). The van der Waals surface area contributed by atoms with Gasteiger partial charge >= 0.3 is 54.9 Å². The number of carbonyl (C=O) groups is 4. The van der Waals surface area contributed by atoms with E-state index in [0.717, 1.165) is 49.8 Å². The number of aldehydes is 1. The molecular weight excluding hydrogens is 999 g/mol. The molecule has 0 spiro atoms. The van der Waals surface area contributed by atoms with E-state index in [4.69, 9.17) is 24.5 Å². The number of ether oxygens (including phenoxy) is 2. The van der Waals surface area contributed by atoms with Crippen LogP contribution in [-0.2, 0) is 47.0 Å². The van der Waals surface area contributed by atoms with Crippen molar-refractivity contribution in [2.24, 2.45) is 5.73 Å². The first kappa shape index (κ1) is 58.2. The van der Waals surface area contributed by atoms with Crippen LogP contribution in [-0.4, -0.2) is 55.3 Å². The summed E-state index contributed by atoms with van der Waals surface area (Å²) in [4.78, 5) is 45.4. The Bertz CT molecular complexity index is 2430. The summed E-state index contributed by atoms with van der Waals surface area (Å²) in [5.74, 6) is -1.43. The summed E-state index contributed by atoms with van der Waals surface area (Å²) in [6, 6.07) is 26.6. The van der Waals surface area contributed by atoms with E-state index < -0.39 is 42.1 Å². The second kappa shape index (κ2) is 24.4. The Labute approximate surface area is 425 Å². The number of rotatable bonds is 8. The van der Waals surface area contributed by atoms with Gasteiger partial charge in [-0.15, -0.1) is 0 Å². The predicted octanol–water partition coefficient (Wildman–Crippen LogP) is 8.28. The van der Waals surface area contributed by atoms with Gasteiger partial charge in [0.25, 0.3) is 0 Å². The minimum Gasteiger partial charge on any atom is -1.00 e. The number of hydrogen-bond acceptors (Lipinski definition) is 9. The fourth-order valence-electron chi connectivity index (χ4n) is 5.88. The first-order valence-electron chi connectivity index (χ1n) is 20.3. The summed E-state index contributed by atoms with van der Waals surface area (Å²) in [6.07, 6.45) is -3.96. The van der Waals surface area contributed by atoms with Crippen LogP contribution < -0.4 is 46.1 Å². The summed E-state index contributed by atoms with van der Waals surface area (Å²) in [5, 5.41) is 4.69. The standard InChI is InChI=1S/C17H25BO4.C13H11NO2.C12H16BrNO2.C6H4BrF3O.Na.H/c1-15(2,14(19)20-7)12-9-8-10-13(11-12)18-21-16(3,4)17(5,6)22-18;1-8-2-3-9-4-5-10(13(14)16)6-11(9)12(8)7-15;1-12(2,3)16-11(15)14-8-9-4-6-10(13)7-5-9;7-3-4-1-2-5(11-4)6(8,9)10;;/h8-11H,1-7H3;2-7H,1H3,(H2,14,16);4-7H,8H2,1-3H3,(H,14,15);1-2H,3H2;;/q;;;;+1;-1. The summed E-state index contributed by atoms with van der Waals surface area (Å²) in [5.41, 5.74) is 8.02. The Kier molecular flexibility index (Phi) is 21.5. The molecule has 1 aliphatic heterocycles. The van der Waals surface area contributed by atoms with Gasteiger partial charge in [0.15, 0.2) is 6.29 Å². The van der Waals surface area contributed by atoms with Gasteiger partial charge in [-0.05, 0) is 139 Å². The van der Waals surface area contributed by atoms with E-state index in [1.807, 2.05) is 130 Å². The zero-order valence-electron chi connectivity index (χ0n) is 40.4. The molecule has 0 atom stereocenters. The molecule has 4 aromatic carbocycles. The van der Waals surface area contributed by atoms with Crippen LogP contribution in [0.15, 0.2) is 99.9 Å². The van der Waals surface area contributed by atoms with Gasteiger partial charge < -0.3 is 35.7 Å². The van der Waals surface area contributed by atoms with Crippen molar-refractivity contribution in [2.45, 2.75) is 110 Å². The van der Waals surface area contributed by atoms with Gasteiger partial charge in [0.2, 0.25) is 11.7 Å². The van der Waals surface area contributed by atoms with Gasteiger partial charge in [-0.25, -0.2) is 4.79 Å². The third-order valence-electron chi connectivity index (χ3n) is 10.3. The van der Waals surface area contributed by atoms with Gasteiger partial charge in [-0.2, -0.15) is 13.2 Å². The van der Waals surface area contributed by atoms with E-state index in [1.165, 1.54) is 13.2 Å². The predicted molar refractivity (Wildman–Crippen MR) is 254 cm³/mol. The third kappa shape index (κ3) is 16.7. The molecule has 1 aromatic heterocycles. The van der Waals surface area contributed by atoms with Crippen molar-refractivity contribution in [3.8, 4) is 0 Å². The molecule has 0 radical (unpaired) electrons. The average molecular weight is 1060 g/mol. The molecule has 5 aromatic rings. The fraction of sp³-hybridized carbons (Fsp3) is 0.375. The average Bonchev–Trinajstić information content (AvgIpc) is 3.81. The molecular formula is C48H57BBr2F3N2NaO9. The Morgan fingerprint density at radius 1 is 0.879 bits per heavy atom. The largest absolute Gasteiger partial charge is 1.00 e. The minimum absolute atomic E-state index is 0. The monoisotopic (exact) mass is 1050 g/mol. The number of benzene rings is 4. The molecule has 352 valence electrons. The molecule has 0 bridgehead atoms. The third-order valence-corrected chi connectivity index (χ3v) is 11.4. The number of amides is 2. The Morgan fingerprint density at radius 2 is 1.47 bits per heavy atom. The number of alkyl carbamates (subject to hydrolysis) is 1. The first-order chi connectivity index (χ1) is 30.0. The van der Waals surface area contributed by atoms with Crippen LogP contribution in [0.3, 0.4) is 0 Å². The smallest absolute Gasteiger partial charge is 1.00 e. The number of furan rings is 1. The molecule has 66 heavy (non-hydrogen) atoms. The van der Waals surface area contributed by atoms with Crippen molar-refractivity contribution in [1.29, 1.82) is 0 Å². The number of carbonyl (C=O) groups excluding carboxylic acids is 4. The minimum atomic E-state index is -4.37. The van der Waals surface area contributed by atoms with Gasteiger partial charge in [-0.3, -0.25) is 14.4 Å². The number of halogens is 5. The van der Waals surface area contributed by atoms with Crippen molar-refractivity contribution in [3.05, 3.63) is 135 Å². The topological polar surface area (TPSA) is 156 Å². The fourth-order valence-corrected chi connectivity index (χ4v) is 6.45. The second-order valence-electron chi connectivity index (χ2n) is 17.4. The SMILES string of the molecule is CC(C)(C)OC(=O)NCc1ccc(Br)cc1.COC(=O)C(C)(C)c1cccc(B2OC(C)(C)C(C)(C)O2)c1.Cc1ccc2ccc(C(N)=O)cc2c1C=O.FC(F)(F)c1ccc(CBr)o1.[H-].[Na+]. The van der Waals surface area contributed by atoms with Crippen LogP contribution in [0.2, 0.25) is 0 Å². The second-order valence-corrected chi connectivity index (χ2v) is 18.9.